The normalized spacial score (nSPS) is 16.2. The van der Waals surface area contributed by atoms with Gasteiger partial charge < -0.3 is 11.1 Å². The van der Waals surface area contributed by atoms with Crippen LogP contribution in [0, 0.1) is 10.1 Å². The number of rotatable bonds is 4. The lowest BCUT2D eigenvalue weighted by Gasteiger charge is -2.25. The number of aryl methyl sites for hydroxylation is 1. The van der Waals surface area contributed by atoms with Crippen LogP contribution < -0.4 is 11.1 Å². The van der Waals surface area contributed by atoms with Crippen LogP contribution in [-0.4, -0.2) is 17.4 Å². The summed E-state index contributed by atoms with van der Waals surface area (Å²) in [5.41, 5.74) is 8.24. The first kappa shape index (κ1) is 16.0. The number of carbonyl (C=O) groups excluding carboxylic acids is 1. The van der Waals surface area contributed by atoms with Crippen molar-refractivity contribution in [3.8, 4) is 0 Å². The molecule has 6 nitrogen and oxygen atoms in total. The Kier molecular flexibility index (Phi) is 4.46. The number of hydrogen-bond acceptors (Lipinski definition) is 4. The number of fused-ring (bicyclic) bond motifs is 1. The highest BCUT2D eigenvalue weighted by molar-refractivity contribution is 5.95. The van der Waals surface area contributed by atoms with Gasteiger partial charge in [0, 0.05) is 24.1 Å². The average molecular weight is 325 g/mol. The molecule has 0 bridgehead atoms. The predicted octanol–water partition coefficient (Wildman–Crippen LogP) is 3.03. The molecule has 0 fully saturated rings. The Morgan fingerprint density at radius 1 is 1.29 bits per heavy atom. The van der Waals surface area contributed by atoms with Crippen LogP contribution in [0.1, 0.15) is 40.2 Å². The molecule has 24 heavy (non-hydrogen) atoms. The number of nitrogens with one attached hydrogen (secondary N) is 1. The molecule has 0 spiro atoms. The van der Waals surface area contributed by atoms with Crippen LogP contribution in [0.5, 0.6) is 0 Å². The maximum atomic E-state index is 12.3. The van der Waals surface area contributed by atoms with E-state index in [4.69, 9.17) is 5.73 Å². The molecule has 0 saturated carbocycles. The molecule has 2 aromatic rings. The molecule has 1 atom stereocenters. The van der Waals surface area contributed by atoms with Gasteiger partial charge in [-0.05, 0) is 42.5 Å². The van der Waals surface area contributed by atoms with Crippen molar-refractivity contribution in [2.24, 2.45) is 0 Å². The van der Waals surface area contributed by atoms with E-state index in [0.29, 0.717) is 6.54 Å². The number of nitrogen functional groups attached to an aromatic ring is 1. The third-order valence-corrected chi connectivity index (χ3v) is 4.49. The fraction of sp³-hybridized carbons (Fsp3) is 0.278. The van der Waals surface area contributed by atoms with Crippen molar-refractivity contribution in [1.82, 2.24) is 5.32 Å². The first-order valence-electron chi connectivity index (χ1n) is 7.96. The minimum absolute atomic E-state index is 0.0535. The zero-order valence-corrected chi connectivity index (χ0v) is 13.2. The summed E-state index contributed by atoms with van der Waals surface area (Å²) in [5.74, 6) is -0.0381. The molecule has 0 aliphatic heterocycles. The van der Waals surface area contributed by atoms with Crippen LogP contribution in [0.15, 0.2) is 42.5 Å². The maximum absolute atomic E-state index is 12.3. The van der Waals surface area contributed by atoms with Gasteiger partial charge in [-0.15, -0.1) is 0 Å². The van der Waals surface area contributed by atoms with Gasteiger partial charge >= 0.3 is 0 Å². The van der Waals surface area contributed by atoms with Crippen molar-refractivity contribution in [1.29, 1.82) is 0 Å². The van der Waals surface area contributed by atoms with E-state index >= 15 is 0 Å². The van der Waals surface area contributed by atoms with Crippen LogP contribution in [0.3, 0.4) is 0 Å². The number of benzene rings is 2. The Morgan fingerprint density at radius 3 is 2.88 bits per heavy atom. The monoisotopic (exact) mass is 325 g/mol. The quantitative estimate of drug-likeness (QED) is 0.513. The van der Waals surface area contributed by atoms with Gasteiger partial charge in [0.1, 0.15) is 5.69 Å². The molecular formula is C18H19N3O3. The summed E-state index contributed by atoms with van der Waals surface area (Å²) in [5, 5.41) is 13.8. The fourth-order valence-electron chi connectivity index (χ4n) is 3.23. The van der Waals surface area contributed by atoms with E-state index in [9.17, 15) is 14.9 Å². The van der Waals surface area contributed by atoms with Crippen LogP contribution in [-0.2, 0) is 6.42 Å². The molecule has 0 radical (unpaired) electrons. The average Bonchev–Trinajstić information content (AvgIpc) is 2.59. The molecule has 1 aliphatic rings. The Labute approximate surface area is 139 Å². The highest BCUT2D eigenvalue weighted by Crippen LogP contribution is 2.31. The van der Waals surface area contributed by atoms with Crippen molar-refractivity contribution in [3.05, 3.63) is 69.3 Å². The van der Waals surface area contributed by atoms with Gasteiger partial charge in [0.05, 0.1) is 4.92 Å². The molecule has 1 amide bonds. The molecule has 3 rings (SSSR count). The number of anilines is 1. The second kappa shape index (κ2) is 6.70. The molecule has 6 heteroatoms. The molecular weight excluding hydrogens is 306 g/mol. The van der Waals surface area contributed by atoms with Crippen molar-refractivity contribution in [3.63, 3.8) is 0 Å². The topological polar surface area (TPSA) is 98.3 Å². The lowest BCUT2D eigenvalue weighted by molar-refractivity contribution is -0.383. The van der Waals surface area contributed by atoms with E-state index in [0.717, 1.165) is 19.3 Å². The van der Waals surface area contributed by atoms with Gasteiger partial charge in [-0.3, -0.25) is 14.9 Å². The standard InChI is InChI=1S/C18H19N3O3/c19-16-9-8-13(10-17(16)21(23)24)18(22)20-11-14-6-3-5-12-4-1-2-7-15(12)14/h1-2,4,7-10,14H,3,5-6,11,19H2,(H,20,22). The fourth-order valence-corrected chi connectivity index (χ4v) is 3.23. The van der Waals surface area contributed by atoms with Crippen molar-refractivity contribution >= 4 is 17.3 Å². The van der Waals surface area contributed by atoms with E-state index in [1.807, 2.05) is 12.1 Å². The summed E-state index contributed by atoms with van der Waals surface area (Å²) in [7, 11) is 0. The summed E-state index contributed by atoms with van der Waals surface area (Å²) in [6.07, 6.45) is 3.20. The van der Waals surface area contributed by atoms with E-state index in [1.54, 1.807) is 0 Å². The van der Waals surface area contributed by atoms with Crippen LogP contribution in [0.4, 0.5) is 11.4 Å². The Bertz CT molecular complexity index is 789. The smallest absolute Gasteiger partial charge is 0.292 e. The van der Waals surface area contributed by atoms with Gasteiger partial charge in [0.2, 0.25) is 0 Å². The molecule has 1 aliphatic carbocycles. The Morgan fingerprint density at radius 2 is 2.08 bits per heavy atom. The minimum atomic E-state index is -0.580. The Balaban J connectivity index is 1.71. The van der Waals surface area contributed by atoms with Crippen LogP contribution in [0.2, 0.25) is 0 Å². The van der Waals surface area contributed by atoms with Crippen LogP contribution >= 0.6 is 0 Å². The van der Waals surface area contributed by atoms with Crippen molar-refractivity contribution in [2.75, 3.05) is 12.3 Å². The van der Waals surface area contributed by atoms with Crippen molar-refractivity contribution in [2.45, 2.75) is 25.2 Å². The third-order valence-electron chi connectivity index (χ3n) is 4.49. The molecule has 1 unspecified atom stereocenters. The molecule has 124 valence electrons. The van der Waals surface area contributed by atoms with E-state index in [-0.39, 0.29) is 28.8 Å². The summed E-state index contributed by atoms with van der Waals surface area (Å²) >= 11 is 0. The van der Waals surface area contributed by atoms with Gasteiger partial charge in [0.25, 0.3) is 11.6 Å². The first-order valence-corrected chi connectivity index (χ1v) is 7.96. The summed E-state index contributed by atoms with van der Waals surface area (Å²) in [6.45, 7) is 0.522. The predicted molar refractivity (Wildman–Crippen MR) is 92.0 cm³/mol. The highest BCUT2D eigenvalue weighted by Gasteiger charge is 2.21. The number of carbonyl (C=O) groups is 1. The Hall–Kier alpha value is -2.89. The molecule has 0 heterocycles. The first-order chi connectivity index (χ1) is 11.6. The number of nitrogens with zero attached hydrogens (tertiary/aromatic N) is 1. The number of nitro groups is 1. The van der Waals surface area contributed by atoms with Gasteiger partial charge in [0.15, 0.2) is 0 Å². The summed E-state index contributed by atoms with van der Waals surface area (Å²) < 4.78 is 0. The van der Waals surface area contributed by atoms with Gasteiger partial charge in [-0.2, -0.15) is 0 Å². The largest absolute Gasteiger partial charge is 0.393 e. The molecule has 2 aromatic carbocycles. The number of hydrogen-bond donors (Lipinski definition) is 2. The SMILES string of the molecule is Nc1ccc(C(=O)NCC2CCCc3ccccc32)cc1[N+](=O)[O-]. The van der Waals surface area contributed by atoms with Crippen molar-refractivity contribution < 1.29 is 9.72 Å². The number of nitrogens with two attached hydrogens (primary N) is 1. The second-order valence-electron chi connectivity index (χ2n) is 6.03. The van der Waals surface area contributed by atoms with E-state index in [2.05, 4.69) is 17.4 Å². The lowest BCUT2D eigenvalue weighted by Crippen LogP contribution is -2.30. The molecule has 0 aromatic heterocycles. The van der Waals surface area contributed by atoms with Crippen LogP contribution in [0.25, 0.3) is 0 Å². The number of amides is 1. The van der Waals surface area contributed by atoms with Gasteiger partial charge in [-0.1, -0.05) is 24.3 Å². The number of nitro benzene ring substituents is 1. The summed E-state index contributed by atoms with van der Waals surface area (Å²) in [6, 6.07) is 12.4. The second-order valence-corrected chi connectivity index (χ2v) is 6.03. The molecule has 0 saturated heterocycles. The van der Waals surface area contributed by atoms with E-state index in [1.165, 1.54) is 29.3 Å². The molecule has 3 N–H and O–H groups in total. The zero-order chi connectivity index (χ0) is 17.1. The van der Waals surface area contributed by atoms with Gasteiger partial charge in [-0.25, -0.2) is 0 Å². The zero-order valence-electron chi connectivity index (χ0n) is 13.2. The highest BCUT2D eigenvalue weighted by atomic mass is 16.6. The maximum Gasteiger partial charge on any atom is 0.292 e. The minimum Gasteiger partial charge on any atom is -0.393 e. The summed E-state index contributed by atoms with van der Waals surface area (Å²) in [4.78, 5) is 22.7. The van der Waals surface area contributed by atoms with E-state index < -0.39 is 4.92 Å². The lowest BCUT2D eigenvalue weighted by atomic mass is 9.83. The third kappa shape index (κ3) is 3.22.